The summed E-state index contributed by atoms with van der Waals surface area (Å²) in [5.41, 5.74) is -0.535. The smallest absolute Gasteiger partial charge is 0.328 e. The van der Waals surface area contributed by atoms with E-state index in [1.54, 1.807) is 0 Å². The molecule has 1 unspecified atom stereocenters. The van der Waals surface area contributed by atoms with Gasteiger partial charge in [-0.2, -0.15) is 0 Å². The molecule has 0 saturated heterocycles. The molecule has 1 aromatic carbocycles. The predicted octanol–water partition coefficient (Wildman–Crippen LogP) is 1.91. The van der Waals surface area contributed by atoms with Gasteiger partial charge in [0.1, 0.15) is 17.7 Å². The van der Waals surface area contributed by atoms with Crippen molar-refractivity contribution in [2.45, 2.75) is 13.0 Å². The Morgan fingerprint density at radius 3 is 2.50 bits per heavy atom. The fraction of sp³-hybridized carbons (Fsp3) is 0.273. The van der Waals surface area contributed by atoms with Crippen LogP contribution in [0.4, 0.5) is 8.78 Å². The van der Waals surface area contributed by atoms with Crippen LogP contribution in [-0.4, -0.2) is 25.0 Å². The Morgan fingerprint density at radius 2 is 1.94 bits per heavy atom. The minimum atomic E-state index is -0.976. The van der Waals surface area contributed by atoms with Gasteiger partial charge >= 0.3 is 5.97 Å². The molecule has 0 aliphatic heterocycles. The molecule has 18 heavy (non-hydrogen) atoms. The Morgan fingerprint density at radius 1 is 1.33 bits per heavy atom. The molecule has 4 nitrogen and oxygen atoms in total. The monoisotopic (exact) mass is 277 g/mol. The van der Waals surface area contributed by atoms with E-state index in [1.165, 1.54) is 6.92 Å². The number of rotatable bonds is 3. The standard InChI is InChI=1S/C11H10ClF2NO3/c1-5(11(17)18-2)15-10(16)6-3-9(14)7(12)4-8(6)13/h3-5H,1-2H3,(H,15,16). The van der Waals surface area contributed by atoms with Crippen molar-refractivity contribution in [3.05, 3.63) is 34.4 Å². The van der Waals surface area contributed by atoms with Crippen molar-refractivity contribution in [1.29, 1.82) is 0 Å². The zero-order valence-corrected chi connectivity index (χ0v) is 10.3. The van der Waals surface area contributed by atoms with Gasteiger partial charge < -0.3 is 10.1 Å². The number of amides is 1. The molecule has 0 bridgehead atoms. The summed E-state index contributed by atoms with van der Waals surface area (Å²) in [6.45, 7) is 1.36. The summed E-state index contributed by atoms with van der Waals surface area (Å²) >= 11 is 5.35. The molecule has 0 spiro atoms. The minimum Gasteiger partial charge on any atom is -0.467 e. The molecule has 0 aliphatic rings. The molecule has 0 radical (unpaired) electrons. The average molecular weight is 278 g/mol. The van der Waals surface area contributed by atoms with Gasteiger partial charge in [0.15, 0.2) is 0 Å². The Labute approximate surface area is 107 Å². The van der Waals surface area contributed by atoms with E-state index in [0.717, 1.165) is 7.11 Å². The molecular formula is C11H10ClF2NO3. The number of carbonyl (C=O) groups is 2. The average Bonchev–Trinajstić information content (AvgIpc) is 2.32. The number of halogens is 3. The number of nitrogens with one attached hydrogen (secondary N) is 1. The molecule has 1 rings (SSSR count). The highest BCUT2D eigenvalue weighted by atomic mass is 35.5. The number of benzene rings is 1. The number of ether oxygens (including phenoxy) is 1. The van der Waals surface area contributed by atoms with Gasteiger partial charge in [-0.1, -0.05) is 11.6 Å². The van der Waals surface area contributed by atoms with Crippen molar-refractivity contribution >= 4 is 23.5 Å². The molecule has 0 aromatic heterocycles. The fourth-order valence-electron chi connectivity index (χ4n) is 1.21. The van der Waals surface area contributed by atoms with Crippen LogP contribution in [0.3, 0.4) is 0 Å². The zero-order chi connectivity index (χ0) is 13.9. The van der Waals surface area contributed by atoms with Crippen LogP contribution in [0.15, 0.2) is 12.1 Å². The number of carbonyl (C=O) groups excluding carboxylic acids is 2. The van der Waals surface area contributed by atoms with Gasteiger partial charge in [0.05, 0.1) is 17.7 Å². The second-order valence-corrected chi connectivity index (χ2v) is 3.87. The van der Waals surface area contributed by atoms with Crippen LogP contribution in [0.1, 0.15) is 17.3 Å². The van der Waals surface area contributed by atoms with Crippen molar-refractivity contribution in [2.24, 2.45) is 0 Å². The van der Waals surface area contributed by atoms with Gasteiger partial charge in [-0.15, -0.1) is 0 Å². The lowest BCUT2D eigenvalue weighted by atomic mass is 10.2. The van der Waals surface area contributed by atoms with Gasteiger partial charge in [0.2, 0.25) is 0 Å². The van der Waals surface area contributed by atoms with Crippen molar-refractivity contribution in [3.8, 4) is 0 Å². The Hall–Kier alpha value is -1.69. The number of methoxy groups -OCH3 is 1. The molecule has 1 atom stereocenters. The van der Waals surface area contributed by atoms with E-state index in [1.807, 2.05) is 0 Å². The van der Waals surface area contributed by atoms with Gasteiger partial charge in [0, 0.05) is 0 Å². The highest BCUT2D eigenvalue weighted by Gasteiger charge is 2.20. The molecule has 1 amide bonds. The molecule has 98 valence electrons. The normalized spacial score (nSPS) is 11.8. The lowest BCUT2D eigenvalue weighted by Gasteiger charge is -2.12. The van der Waals surface area contributed by atoms with Gasteiger partial charge in [-0.25, -0.2) is 13.6 Å². The Kier molecular flexibility index (Phi) is 4.61. The van der Waals surface area contributed by atoms with E-state index in [4.69, 9.17) is 11.6 Å². The zero-order valence-electron chi connectivity index (χ0n) is 9.59. The van der Waals surface area contributed by atoms with Crippen LogP contribution in [0.5, 0.6) is 0 Å². The van der Waals surface area contributed by atoms with Crippen LogP contribution < -0.4 is 5.32 Å². The Balaban J connectivity index is 2.91. The summed E-state index contributed by atoms with van der Waals surface area (Å²) in [5, 5.41) is 1.75. The van der Waals surface area contributed by atoms with Crippen LogP contribution in [0, 0.1) is 11.6 Å². The summed E-state index contributed by atoms with van der Waals surface area (Å²) in [6.07, 6.45) is 0. The van der Waals surface area contributed by atoms with E-state index in [0.29, 0.717) is 12.1 Å². The molecule has 1 N–H and O–H groups in total. The maximum atomic E-state index is 13.4. The van der Waals surface area contributed by atoms with Crippen molar-refractivity contribution in [3.63, 3.8) is 0 Å². The van der Waals surface area contributed by atoms with Gasteiger partial charge in [-0.05, 0) is 19.1 Å². The van der Waals surface area contributed by atoms with Crippen LogP contribution in [0.25, 0.3) is 0 Å². The topological polar surface area (TPSA) is 55.4 Å². The van der Waals surface area contributed by atoms with E-state index in [-0.39, 0.29) is 0 Å². The molecular weight excluding hydrogens is 268 g/mol. The third-order valence-electron chi connectivity index (χ3n) is 2.16. The Bertz CT molecular complexity index is 493. The van der Waals surface area contributed by atoms with E-state index in [2.05, 4.69) is 10.1 Å². The number of hydrogen-bond acceptors (Lipinski definition) is 3. The quantitative estimate of drug-likeness (QED) is 0.678. The fourth-order valence-corrected chi connectivity index (χ4v) is 1.36. The summed E-state index contributed by atoms with van der Waals surface area (Å²) in [6, 6.07) is 0.381. The van der Waals surface area contributed by atoms with Crippen LogP contribution in [0.2, 0.25) is 5.02 Å². The first-order valence-corrected chi connectivity index (χ1v) is 5.27. The summed E-state index contributed by atoms with van der Waals surface area (Å²) in [4.78, 5) is 22.6. The minimum absolute atomic E-state index is 0.426. The van der Waals surface area contributed by atoms with Crippen molar-refractivity contribution in [2.75, 3.05) is 7.11 Å². The summed E-state index contributed by atoms with van der Waals surface area (Å²) in [7, 11) is 1.15. The molecule has 0 aliphatic carbocycles. The first-order chi connectivity index (χ1) is 8.36. The lowest BCUT2D eigenvalue weighted by Crippen LogP contribution is -2.39. The first kappa shape index (κ1) is 14.4. The van der Waals surface area contributed by atoms with Crippen molar-refractivity contribution < 1.29 is 23.1 Å². The van der Waals surface area contributed by atoms with E-state index >= 15 is 0 Å². The SMILES string of the molecule is COC(=O)C(C)NC(=O)c1cc(F)c(Cl)cc1F. The second kappa shape index (κ2) is 5.77. The van der Waals surface area contributed by atoms with Gasteiger partial charge in [-0.3, -0.25) is 4.79 Å². The maximum absolute atomic E-state index is 13.4. The molecule has 0 heterocycles. The third-order valence-corrected chi connectivity index (χ3v) is 2.45. The summed E-state index contributed by atoms with van der Waals surface area (Å²) < 4.78 is 30.9. The highest BCUT2D eigenvalue weighted by molar-refractivity contribution is 6.30. The largest absolute Gasteiger partial charge is 0.467 e. The van der Waals surface area contributed by atoms with Gasteiger partial charge in [0.25, 0.3) is 5.91 Å². The number of esters is 1. The molecule has 1 aromatic rings. The summed E-state index contributed by atoms with van der Waals surface area (Å²) in [5.74, 6) is -3.52. The van der Waals surface area contributed by atoms with E-state index < -0.39 is 40.1 Å². The number of hydrogen-bond donors (Lipinski definition) is 1. The highest BCUT2D eigenvalue weighted by Crippen LogP contribution is 2.19. The third kappa shape index (κ3) is 3.16. The lowest BCUT2D eigenvalue weighted by molar-refractivity contribution is -0.142. The van der Waals surface area contributed by atoms with E-state index in [9.17, 15) is 18.4 Å². The first-order valence-electron chi connectivity index (χ1n) is 4.90. The van der Waals surface area contributed by atoms with Crippen molar-refractivity contribution in [1.82, 2.24) is 5.32 Å². The maximum Gasteiger partial charge on any atom is 0.328 e. The molecule has 0 fully saturated rings. The predicted molar refractivity (Wildman–Crippen MR) is 60.3 cm³/mol. The van der Waals surface area contributed by atoms with Crippen LogP contribution in [-0.2, 0) is 9.53 Å². The molecule has 7 heteroatoms. The van der Waals surface area contributed by atoms with Crippen LogP contribution >= 0.6 is 11.6 Å². The molecule has 0 saturated carbocycles. The second-order valence-electron chi connectivity index (χ2n) is 3.46.